The molecule has 0 saturated carbocycles. The third-order valence-corrected chi connectivity index (χ3v) is 6.50. The molecular weight excluding hydrogens is 594 g/mol. The van der Waals surface area contributed by atoms with Crippen LogP contribution in [-0.4, -0.2) is 63.2 Å². The number of primary amides is 1. The highest BCUT2D eigenvalue weighted by molar-refractivity contribution is 6.00. The Balaban J connectivity index is 0.000000942. The predicted octanol–water partition coefficient (Wildman–Crippen LogP) is 1.51. The number of carbonyl (C=O) groups excluding carboxylic acids is 4. The van der Waals surface area contributed by atoms with Crippen molar-refractivity contribution in [1.29, 1.82) is 0 Å². The zero-order valence-electron chi connectivity index (χ0n) is 26.3. The first-order valence-electron chi connectivity index (χ1n) is 14.7. The number of hydrogen-bond donors (Lipinski definition) is 8. The first kappa shape index (κ1) is 36.7. The average molecular weight is 638 g/mol. The summed E-state index contributed by atoms with van der Waals surface area (Å²) in [4.78, 5) is 68.6. The van der Waals surface area contributed by atoms with Gasteiger partial charge in [0.15, 0.2) is 5.96 Å². The maximum absolute atomic E-state index is 13.2. The molecule has 1 atom stereocenters. The van der Waals surface area contributed by atoms with Crippen molar-refractivity contribution in [3.63, 3.8) is 0 Å². The number of aryl methyl sites for hydroxylation is 2. The van der Waals surface area contributed by atoms with Gasteiger partial charge in [0, 0.05) is 31.6 Å². The number of fused-ring (bicyclic) bond motifs is 1. The number of Topliss-reactive ketones (excluding diaryl/α,β-unsaturated/α-hetero) is 1. The van der Waals surface area contributed by atoms with Crippen molar-refractivity contribution in [2.45, 2.75) is 72.0 Å². The van der Waals surface area contributed by atoms with Crippen LogP contribution in [0.2, 0.25) is 0 Å². The first-order chi connectivity index (χ1) is 21.8. The van der Waals surface area contributed by atoms with Crippen LogP contribution in [-0.2, 0) is 33.9 Å². The maximum Gasteiger partial charge on any atom is 0.312 e. The first-order valence-corrected chi connectivity index (χ1v) is 14.7. The monoisotopic (exact) mass is 637 g/mol. The number of aliphatic imine (C=N–C) groups is 1. The number of aliphatic carboxylic acids is 1. The number of carboxylic acids is 1. The van der Waals surface area contributed by atoms with Crippen LogP contribution in [0.3, 0.4) is 0 Å². The molecule has 248 valence electrons. The van der Waals surface area contributed by atoms with Crippen molar-refractivity contribution in [1.82, 2.24) is 25.9 Å². The zero-order chi connectivity index (χ0) is 34.2. The van der Waals surface area contributed by atoms with Gasteiger partial charge in [0.05, 0.1) is 11.0 Å². The van der Waals surface area contributed by atoms with E-state index in [-0.39, 0.29) is 36.5 Å². The number of urea groups is 1. The summed E-state index contributed by atoms with van der Waals surface area (Å²) < 4.78 is 0. The number of amides is 4. The number of nitrogens with zero attached hydrogens (tertiary/aromatic N) is 2. The topological polar surface area (TPSA) is 261 Å². The minimum atomic E-state index is -1.06. The van der Waals surface area contributed by atoms with Crippen molar-refractivity contribution in [3.05, 3.63) is 64.5 Å². The van der Waals surface area contributed by atoms with E-state index in [9.17, 15) is 24.0 Å². The minimum absolute atomic E-state index is 0.0275. The lowest BCUT2D eigenvalue weighted by Crippen LogP contribution is -2.46. The van der Waals surface area contributed by atoms with Gasteiger partial charge in [0.25, 0.3) is 5.91 Å². The fraction of sp³-hybridized carbons (Fsp3) is 0.387. The summed E-state index contributed by atoms with van der Waals surface area (Å²) >= 11 is 0. The number of carboxylic acid groups (broad SMARTS) is 1. The van der Waals surface area contributed by atoms with Crippen molar-refractivity contribution in [3.8, 4) is 0 Å². The molecule has 0 radical (unpaired) electrons. The summed E-state index contributed by atoms with van der Waals surface area (Å²) in [5.74, 6) is -1.21. The molecule has 3 rings (SSSR count). The molecule has 0 saturated heterocycles. The van der Waals surface area contributed by atoms with Gasteiger partial charge in [0.2, 0.25) is 5.91 Å². The van der Waals surface area contributed by atoms with Crippen molar-refractivity contribution >= 4 is 46.6 Å². The van der Waals surface area contributed by atoms with Crippen LogP contribution in [0.25, 0.3) is 11.0 Å². The van der Waals surface area contributed by atoms with Crippen LogP contribution in [0.15, 0.2) is 41.4 Å². The molecule has 0 unspecified atom stereocenters. The van der Waals surface area contributed by atoms with E-state index in [4.69, 9.17) is 22.3 Å². The largest absolute Gasteiger partial charge is 0.481 e. The quantitative estimate of drug-likeness (QED) is 0.0519. The number of hydrogen-bond acceptors (Lipinski definition) is 7. The van der Waals surface area contributed by atoms with Crippen LogP contribution < -0.4 is 33.2 Å². The van der Waals surface area contributed by atoms with Crippen LogP contribution in [0, 0.1) is 6.92 Å². The normalized spacial score (nSPS) is 11.0. The van der Waals surface area contributed by atoms with E-state index < -0.39 is 18.0 Å². The number of carbonyl (C=O) groups is 5. The van der Waals surface area contributed by atoms with Crippen LogP contribution in [0.1, 0.15) is 72.4 Å². The number of nitrogens with two attached hydrogens (primary N) is 3. The Hall–Kier alpha value is -5.47. The second-order valence-electron chi connectivity index (χ2n) is 10.6. The molecule has 0 fully saturated rings. The van der Waals surface area contributed by atoms with Gasteiger partial charge >= 0.3 is 12.0 Å². The Kier molecular flexibility index (Phi) is 14.7. The molecule has 15 heteroatoms. The SMILES string of the molecule is CC(=O)CC(=O)O.CCCc1nc2c(C)cc(C(=O)N[C@H](CCCN=C(N)N)C(=O)NCc3ccc(CNC(N)=O)cc3)cc2[nH]1. The standard InChI is InChI=1S/C27H37N9O3.C4H6O3/c1-3-5-22-34-21-13-19(12-16(2)23(21)36-22)24(37)35-20(6-4-11-31-26(28)29)25(38)32-14-17-7-9-18(10-8-17)15-33-27(30)39;1-3(5)2-4(6)7/h7-10,12-13,20H,3-6,11,14-15H2,1-2H3,(H,32,38)(H,34,36)(H,35,37)(H4,28,29,31)(H3,30,33,39);2H2,1H3,(H,6,7)/t20-;/m1./s1. The van der Waals surface area contributed by atoms with Crippen molar-refractivity contribution in [2.24, 2.45) is 22.2 Å². The molecule has 0 aliphatic heterocycles. The number of aromatic nitrogens is 2. The lowest BCUT2D eigenvalue weighted by molar-refractivity contribution is -0.139. The number of ketones is 1. The van der Waals surface area contributed by atoms with E-state index in [2.05, 4.69) is 37.8 Å². The van der Waals surface area contributed by atoms with E-state index in [1.165, 1.54) is 6.92 Å². The van der Waals surface area contributed by atoms with Crippen molar-refractivity contribution < 1.29 is 29.1 Å². The number of guanidine groups is 1. The molecule has 0 spiro atoms. The van der Waals surface area contributed by atoms with Gasteiger partial charge in [0.1, 0.15) is 24.1 Å². The Labute approximate surface area is 266 Å². The predicted molar refractivity (Wildman–Crippen MR) is 174 cm³/mol. The Morgan fingerprint density at radius 1 is 1.00 bits per heavy atom. The van der Waals surface area contributed by atoms with Crippen LogP contribution in [0.5, 0.6) is 0 Å². The van der Waals surface area contributed by atoms with Gasteiger partial charge in [-0.15, -0.1) is 0 Å². The van der Waals surface area contributed by atoms with Crippen molar-refractivity contribution in [2.75, 3.05) is 6.54 Å². The summed E-state index contributed by atoms with van der Waals surface area (Å²) in [5, 5.41) is 16.1. The van der Waals surface area contributed by atoms with E-state index >= 15 is 0 Å². The third kappa shape index (κ3) is 13.0. The Bertz CT molecular complexity index is 1530. The number of nitrogens with one attached hydrogen (secondary N) is 4. The molecule has 1 heterocycles. The number of imidazole rings is 1. The zero-order valence-corrected chi connectivity index (χ0v) is 26.3. The molecule has 0 bridgehead atoms. The van der Waals surface area contributed by atoms with E-state index in [1.807, 2.05) is 31.2 Å². The van der Waals surface area contributed by atoms with Gasteiger partial charge in [-0.05, 0) is 61.9 Å². The lowest BCUT2D eigenvalue weighted by Gasteiger charge is -2.19. The number of H-pyrrole nitrogens is 1. The molecule has 46 heavy (non-hydrogen) atoms. The van der Waals surface area contributed by atoms with Gasteiger partial charge < -0.3 is 43.2 Å². The Morgan fingerprint density at radius 2 is 1.63 bits per heavy atom. The van der Waals surface area contributed by atoms with Gasteiger partial charge in [-0.3, -0.25) is 24.2 Å². The molecule has 1 aromatic heterocycles. The molecule has 0 aliphatic carbocycles. The molecule has 2 aromatic carbocycles. The lowest BCUT2D eigenvalue weighted by atomic mass is 10.1. The molecule has 4 amide bonds. The van der Waals surface area contributed by atoms with E-state index in [0.717, 1.165) is 46.4 Å². The highest BCUT2D eigenvalue weighted by Gasteiger charge is 2.22. The van der Waals surface area contributed by atoms with Crippen LogP contribution in [0.4, 0.5) is 4.79 Å². The highest BCUT2D eigenvalue weighted by atomic mass is 16.4. The summed E-state index contributed by atoms with van der Waals surface area (Å²) in [7, 11) is 0. The number of benzene rings is 2. The number of rotatable bonds is 15. The fourth-order valence-electron chi connectivity index (χ4n) is 4.33. The summed E-state index contributed by atoms with van der Waals surface area (Å²) in [6, 6.07) is 9.51. The fourth-order valence-corrected chi connectivity index (χ4v) is 4.33. The highest BCUT2D eigenvalue weighted by Crippen LogP contribution is 2.20. The Morgan fingerprint density at radius 3 is 2.15 bits per heavy atom. The molecule has 0 aliphatic rings. The summed E-state index contributed by atoms with van der Waals surface area (Å²) in [6.45, 7) is 6.15. The molecule has 3 aromatic rings. The molecule has 15 nitrogen and oxygen atoms in total. The molecule has 11 N–H and O–H groups in total. The third-order valence-electron chi connectivity index (χ3n) is 6.50. The van der Waals surface area contributed by atoms with Gasteiger partial charge in [-0.25, -0.2) is 9.78 Å². The van der Waals surface area contributed by atoms with Gasteiger partial charge in [-0.1, -0.05) is 31.2 Å². The summed E-state index contributed by atoms with van der Waals surface area (Å²) in [5.41, 5.74) is 20.6. The van der Waals surface area contributed by atoms with Gasteiger partial charge in [-0.2, -0.15) is 0 Å². The van der Waals surface area contributed by atoms with Crippen LogP contribution >= 0.6 is 0 Å². The van der Waals surface area contributed by atoms with E-state index in [0.29, 0.717) is 31.5 Å². The smallest absolute Gasteiger partial charge is 0.312 e. The minimum Gasteiger partial charge on any atom is -0.481 e. The van der Waals surface area contributed by atoms with E-state index in [1.54, 1.807) is 12.1 Å². The average Bonchev–Trinajstić information content (AvgIpc) is 3.39. The second-order valence-corrected chi connectivity index (χ2v) is 10.6. The summed E-state index contributed by atoms with van der Waals surface area (Å²) in [6.07, 6.45) is 2.26. The second kappa shape index (κ2) is 18.4. The number of aromatic amines is 1. The molecular formula is C31H43N9O6. The maximum atomic E-state index is 13.2.